The molecule has 0 aliphatic heterocycles. The first-order valence-corrected chi connectivity index (χ1v) is 7.09. The van der Waals surface area contributed by atoms with Crippen molar-refractivity contribution in [3.8, 4) is 0 Å². The second-order valence-electron chi connectivity index (χ2n) is 6.06. The fourth-order valence-electron chi connectivity index (χ4n) is 1.52. The van der Waals surface area contributed by atoms with E-state index in [0.717, 1.165) is 0 Å². The van der Waals surface area contributed by atoms with Crippen LogP contribution in [0.25, 0.3) is 0 Å². The highest BCUT2D eigenvalue weighted by Gasteiger charge is 2.18. The first-order valence-electron chi connectivity index (χ1n) is 6.72. The molecule has 2 N–H and O–H groups in total. The molecule has 0 radical (unpaired) electrons. The summed E-state index contributed by atoms with van der Waals surface area (Å²) in [4.78, 5) is 31.9. The molecule has 0 bridgehead atoms. The topological polar surface area (TPSA) is 84.0 Å². The Bertz CT molecular complexity index is 538. The van der Waals surface area contributed by atoms with E-state index in [1.54, 1.807) is 0 Å². The molecule has 0 aliphatic rings. The molecule has 0 fully saturated rings. The Hall–Kier alpha value is -1.69. The Morgan fingerprint density at radius 2 is 1.95 bits per heavy atom. The number of halogens is 1. The second kappa shape index (κ2) is 6.85. The largest absolute Gasteiger partial charge is 0.350 e. The Labute approximate surface area is 129 Å². The molecule has 6 nitrogen and oxygen atoms in total. The molecule has 0 atom stereocenters. The van der Waals surface area contributed by atoms with E-state index < -0.39 is 5.91 Å². The zero-order chi connectivity index (χ0) is 16.2. The van der Waals surface area contributed by atoms with Crippen molar-refractivity contribution in [2.24, 2.45) is 0 Å². The Kier molecular flexibility index (Phi) is 5.66. The van der Waals surface area contributed by atoms with E-state index in [2.05, 4.69) is 20.6 Å². The molecular weight excluding hydrogens is 292 g/mol. The summed E-state index contributed by atoms with van der Waals surface area (Å²) in [7, 11) is 0. The molecule has 0 unspecified atom stereocenters. The van der Waals surface area contributed by atoms with E-state index in [1.807, 2.05) is 34.6 Å². The van der Waals surface area contributed by atoms with Crippen LogP contribution in [0.4, 0.5) is 0 Å². The van der Waals surface area contributed by atoms with Crippen LogP contribution < -0.4 is 10.6 Å². The minimum Gasteiger partial charge on any atom is -0.350 e. The van der Waals surface area contributed by atoms with E-state index in [0.29, 0.717) is 5.82 Å². The van der Waals surface area contributed by atoms with Gasteiger partial charge >= 0.3 is 0 Å². The smallest absolute Gasteiger partial charge is 0.272 e. The van der Waals surface area contributed by atoms with Gasteiger partial charge in [0.25, 0.3) is 5.91 Å². The van der Waals surface area contributed by atoms with Crippen LogP contribution >= 0.6 is 11.6 Å². The molecule has 116 valence electrons. The third kappa shape index (κ3) is 5.67. The van der Waals surface area contributed by atoms with Gasteiger partial charge in [0, 0.05) is 11.5 Å². The molecule has 0 aliphatic carbocycles. The molecule has 2 amide bonds. The molecular formula is C14H21ClN4O2. The van der Waals surface area contributed by atoms with Crippen molar-refractivity contribution < 1.29 is 9.59 Å². The van der Waals surface area contributed by atoms with Crippen molar-refractivity contribution >= 4 is 23.4 Å². The van der Waals surface area contributed by atoms with Crippen LogP contribution in [0.2, 0.25) is 5.02 Å². The maximum Gasteiger partial charge on any atom is 0.272 e. The highest BCUT2D eigenvalue weighted by molar-refractivity contribution is 6.33. The zero-order valence-electron chi connectivity index (χ0n) is 13.0. The van der Waals surface area contributed by atoms with Crippen molar-refractivity contribution in [1.29, 1.82) is 0 Å². The van der Waals surface area contributed by atoms with Gasteiger partial charge in [-0.15, -0.1) is 0 Å². The molecule has 0 spiro atoms. The lowest BCUT2D eigenvalue weighted by molar-refractivity contribution is -0.121. The Balaban J connectivity index is 2.72. The lowest BCUT2D eigenvalue weighted by atomic mass is 10.1. The standard InChI is InChI=1S/C14H21ClN4O2/c1-8(2)12-16-6-9(15)11(18-12)13(21)17-7-10(20)19-14(3,4)5/h6,8H,7H2,1-5H3,(H,17,21)(H,19,20). The van der Waals surface area contributed by atoms with Gasteiger partial charge in [-0.1, -0.05) is 25.4 Å². The summed E-state index contributed by atoms with van der Waals surface area (Å²) in [5.41, 5.74) is -0.266. The van der Waals surface area contributed by atoms with Gasteiger partial charge in [-0.3, -0.25) is 9.59 Å². The van der Waals surface area contributed by atoms with E-state index in [4.69, 9.17) is 11.6 Å². The molecule has 1 heterocycles. The van der Waals surface area contributed by atoms with Crippen LogP contribution in [0.1, 0.15) is 56.8 Å². The quantitative estimate of drug-likeness (QED) is 0.889. The van der Waals surface area contributed by atoms with Gasteiger partial charge in [-0.25, -0.2) is 9.97 Å². The maximum absolute atomic E-state index is 12.0. The molecule has 1 aromatic heterocycles. The molecule has 0 aromatic carbocycles. The summed E-state index contributed by atoms with van der Waals surface area (Å²) in [6.45, 7) is 9.30. The minimum atomic E-state index is -0.492. The lowest BCUT2D eigenvalue weighted by Crippen LogP contribution is -2.46. The fourth-order valence-corrected chi connectivity index (χ4v) is 1.70. The fraction of sp³-hybridized carbons (Fsp3) is 0.571. The third-order valence-electron chi connectivity index (χ3n) is 2.42. The van der Waals surface area contributed by atoms with Crippen LogP contribution in [0.3, 0.4) is 0 Å². The van der Waals surface area contributed by atoms with Gasteiger partial charge in [-0.05, 0) is 20.8 Å². The number of nitrogens with zero attached hydrogens (tertiary/aromatic N) is 2. The van der Waals surface area contributed by atoms with Gasteiger partial charge < -0.3 is 10.6 Å². The number of nitrogens with one attached hydrogen (secondary N) is 2. The van der Waals surface area contributed by atoms with E-state index in [9.17, 15) is 9.59 Å². The van der Waals surface area contributed by atoms with E-state index in [1.165, 1.54) is 6.20 Å². The second-order valence-corrected chi connectivity index (χ2v) is 6.47. The summed E-state index contributed by atoms with van der Waals surface area (Å²) in [6, 6.07) is 0. The minimum absolute atomic E-state index is 0.0815. The van der Waals surface area contributed by atoms with Crippen molar-refractivity contribution in [2.75, 3.05) is 6.54 Å². The zero-order valence-corrected chi connectivity index (χ0v) is 13.7. The molecule has 21 heavy (non-hydrogen) atoms. The Morgan fingerprint density at radius 3 is 2.48 bits per heavy atom. The molecule has 0 saturated carbocycles. The Morgan fingerprint density at radius 1 is 1.33 bits per heavy atom. The third-order valence-corrected chi connectivity index (χ3v) is 2.69. The van der Waals surface area contributed by atoms with Crippen LogP contribution in [0.5, 0.6) is 0 Å². The van der Waals surface area contributed by atoms with Crippen LogP contribution in [0, 0.1) is 0 Å². The summed E-state index contributed by atoms with van der Waals surface area (Å²) < 4.78 is 0. The summed E-state index contributed by atoms with van der Waals surface area (Å²) in [6.07, 6.45) is 1.40. The number of hydrogen-bond acceptors (Lipinski definition) is 4. The predicted octanol–water partition coefficient (Wildman–Crippen LogP) is 1.90. The summed E-state index contributed by atoms with van der Waals surface area (Å²) in [5.74, 6) is -0.153. The number of aromatic nitrogens is 2. The number of rotatable bonds is 4. The van der Waals surface area contributed by atoms with Gasteiger partial charge in [0.2, 0.25) is 5.91 Å². The van der Waals surface area contributed by atoms with Gasteiger partial charge in [0.15, 0.2) is 0 Å². The monoisotopic (exact) mass is 312 g/mol. The lowest BCUT2D eigenvalue weighted by Gasteiger charge is -2.20. The van der Waals surface area contributed by atoms with Crippen molar-refractivity contribution in [1.82, 2.24) is 20.6 Å². The van der Waals surface area contributed by atoms with Crippen LogP contribution in [-0.2, 0) is 4.79 Å². The highest BCUT2D eigenvalue weighted by Crippen LogP contribution is 2.16. The van der Waals surface area contributed by atoms with E-state index >= 15 is 0 Å². The maximum atomic E-state index is 12.0. The van der Waals surface area contributed by atoms with Crippen LogP contribution in [0.15, 0.2) is 6.20 Å². The first-order chi connectivity index (χ1) is 9.60. The predicted molar refractivity (Wildman–Crippen MR) is 81.4 cm³/mol. The van der Waals surface area contributed by atoms with Gasteiger partial charge in [0.1, 0.15) is 11.5 Å². The number of carbonyl (C=O) groups is 2. The number of hydrogen-bond donors (Lipinski definition) is 2. The van der Waals surface area contributed by atoms with Gasteiger partial charge in [0.05, 0.1) is 17.8 Å². The molecule has 1 aromatic rings. The average Bonchev–Trinajstić information content (AvgIpc) is 2.34. The highest BCUT2D eigenvalue weighted by atomic mass is 35.5. The molecule has 0 saturated heterocycles. The average molecular weight is 313 g/mol. The first kappa shape index (κ1) is 17.4. The number of carbonyl (C=O) groups excluding carboxylic acids is 2. The van der Waals surface area contributed by atoms with Gasteiger partial charge in [-0.2, -0.15) is 0 Å². The molecule has 7 heteroatoms. The van der Waals surface area contributed by atoms with Crippen molar-refractivity contribution in [3.63, 3.8) is 0 Å². The normalized spacial score (nSPS) is 11.4. The van der Waals surface area contributed by atoms with Crippen molar-refractivity contribution in [3.05, 3.63) is 22.7 Å². The summed E-state index contributed by atoms with van der Waals surface area (Å²) in [5, 5.41) is 5.41. The van der Waals surface area contributed by atoms with Crippen LogP contribution in [-0.4, -0.2) is 33.9 Å². The molecule has 1 rings (SSSR count). The SMILES string of the molecule is CC(C)c1ncc(Cl)c(C(=O)NCC(=O)NC(C)(C)C)n1. The van der Waals surface area contributed by atoms with E-state index in [-0.39, 0.29) is 34.6 Å². The van der Waals surface area contributed by atoms with Crippen molar-refractivity contribution in [2.45, 2.75) is 46.1 Å². The summed E-state index contributed by atoms with van der Waals surface area (Å²) >= 11 is 5.93. The number of amides is 2.